The van der Waals surface area contributed by atoms with Crippen LogP contribution in [-0.2, 0) is 22.7 Å². The Labute approximate surface area is 210 Å². The number of fused-ring (bicyclic) bond motifs is 3. The van der Waals surface area contributed by atoms with Crippen molar-refractivity contribution in [1.29, 1.82) is 0 Å². The van der Waals surface area contributed by atoms with Crippen LogP contribution in [0.4, 0.5) is 5.69 Å². The van der Waals surface area contributed by atoms with Crippen molar-refractivity contribution in [2.24, 2.45) is 0 Å². The summed E-state index contributed by atoms with van der Waals surface area (Å²) in [5.74, 6) is -0.920. The van der Waals surface area contributed by atoms with Gasteiger partial charge < -0.3 is 15.1 Å². The lowest BCUT2D eigenvalue weighted by Gasteiger charge is -2.15. The molecule has 0 saturated heterocycles. The van der Waals surface area contributed by atoms with E-state index >= 15 is 0 Å². The molecule has 1 fully saturated rings. The number of amides is 2. The molecule has 2 aromatic heterocycles. The van der Waals surface area contributed by atoms with Crippen LogP contribution in [0.1, 0.15) is 31.2 Å². The van der Waals surface area contributed by atoms with Crippen LogP contribution in [-0.4, -0.2) is 27.0 Å². The van der Waals surface area contributed by atoms with E-state index in [2.05, 4.69) is 10.6 Å². The van der Waals surface area contributed by atoms with Gasteiger partial charge in [0.25, 0.3) is 5.56 Å². The highest BCUT2D eigenvalue weighted by Crippen LogP contribution is 2.26. The van der Waals surface area contributed by atoms with E-state index in [9.17, 15) is 19.2 Å². The van der Waals surface area contributed by atoms with Crippen LogP contribution >= 0.6 is 11.6 Å². The molecule has 0 aliphatic heterocycles. The molecule has 0 unspecified atom stereocenters. The molecule has 5 rings (SSSR count). The van der Waals surface area contributed by atoms with Gasteiger partial charge >= 0.3 is 5.69 Å². The highest BCUT2D eigenvalue weighted by molar-refractivity contribution is 6.31. The Morgan fingerprint density at radius 3 is 2.53 bits per heavy atom. The van der Waals surface area contributed by atoms with Crippen molar-refractivity contribution in [3.63, 3.8) is 0 Å². The van der Waals surface area contributed by atoms with E-state index in [0.717, 1.165) is 35.8 Å². The number of hydrogen-bond acceptors (Lipinski definition) is 5. The monoisotopic (exact) mass is 508 g/mol. The Bertz CT molecular complexity index is 1610. The fraction of sp³-hybridized carbons (Fsp3) is 0.308. The van der Waals surface area contributed by atoms with Crippen molar-refractivity contribution in [3.05, 3.63) is 73.9 Å². The van der Waals surface area contributed by atoms with Crippen LogP contribution in [0, 0.1) is 6.92 Å². The van der Waals surface area contributed by atoms with Gasteiger partial charge in [0.05, 0.1) is 0 Å². The molecule has 0 atom stereocenters. The normalized spacial score (nSPS) is 13.9. The average molecular weight is 509 g/mol. The predicted molar refractivity (Wildman–Crippen MR) is 137 cm³/mol. The third-order valence-corrected chi connectivity index (χ3v) is 6.77. The summed E-state index contributed by atoms with van der Waals surface area (Å²) in [5.41, 5.74) is 0.360. The minimum atomic E-state index is -0.765. The molecule has 186 valence electrons. The Morgan fingerprint density at radius 2 is 1.75 bits per heavy atom. The summed E-state index contributed by atoms with van der Waals surface area (Å²) in [6, 6.07) is 12.0. The molecule has 36 heavy (non-hydrogen) atoms. The first-order valence-electron chi connectivity index (χ1n) is 11.8. The molecule has 1 aliphatic carbocycles. The lowest BCUT2D eigenvalue weighted by atomic mass is 10.2. The van der Waals surface area contributed by atoms with E-state index in [-0.39, 0.29) is 17.1 Å². The Kier molecular flexibility index (Phi) is 6.40. The van der Waals surface area contributed by atoms with E-state index in [4.69, 9.17) is 16.0 Å². The third kappa shape index (κ3) is 4.54. The van der Waals surface area contributed by atoms with E-state index < -0.39 is 36.2 Å². The number of anilines is 1. The number of para-hydroxylation sites is 1. The fourth-order valence-corrected chi connectivity index (χ4v) is 4.90. The molecule has 2 amide bonds. The first kappa shape index (κ1) is 23.9. The Balaban J connectivity index is 1.56. The molecule has 0 spiro atoms. The van der Waals surface area contributed by atoms with Crippen molar-refractivity contribution < 1.29 is 14.0 Å². The van der Waals surface area contributed by atoms with Crippen LogP contribution in [0.5, 0.6) is 0 Å². The van der Waals surface area contributed by atoms with Crippen LogP contribution in [0.15, 0.2) is 56.5 Å². The molecule has 9 nitrogen and oxygen atoms in total. The zero-order chi connectivity index (χ0) is 25.4. The maximum atomic E-state index is 13.5. The molecule has 2 N–H and O–H groups in total. The Morgan fingerprint density at radius 1 is 1.03 bits per heavy atom. The zero-order valence-corrected chi connectivity index (χ0v) is 20.4. The van der Waals surface area contributed by atoms with Gasteiger partial charge in [-0.05, 0) is 49.6 Å². The van der Waals surface area contributed by atoms with E-state index in [0.29, 0.717) is 21.7 Å². The molecular formula is C26H25ClN4O5. The van der Waals surface area contributed by atoms with Gasteiger partial charge in [-0.25, -0.2) is 9.36 Å². The fourth-order valence-electron chi connectivity index (χ4n) is 4.73. The summed E-state index contributed by atoms with van der Waals surface area (Å²) >= 11 is 6.07. The molecule has 2 heterocycles. The van der Waals surface area contributed by atoms with Crippen molar-refractivity contribution in [1.82, 2.24) is 14.5 Å². The number of furan rings is 1. The largest absolute Gasteiger partial charge is 0.449 e. The van der Waals surface area contributed by atoms with Crippen LogP contribution in [0.2, 0.25) is 5.02 Å². The summed E-state index contributed by atoms with van der Waals surface area (Å²) < 4.78 is 7.80. The number of nitrogens with zero attached hydrogens (tertiary/aromatic N) is 2. The predicted octanol–water partition coefficient (Wildman–Crippen LogP) is 3.57. The molecule has 0 radical (unpaired) electrons. The number of hydrogen-bond donors (Lipinski definition) is 2. The highest BCUT2D eigenvalue weighted by Gasteiger charge is 2.24. The van der Waals surface area contributed by atoms with Gasteiger partial charge in [0.15, 0.2) is 0 Å². The van der Waals surface area contributed by atoms with Gasteiger partial charge in [0.1, 0.15) is 24.2 Å². The molecule has 2 aromatic carbocycles. The van der Waals surface area contributed by atoms with Crippen molar-refractivity contribution in [3.8, 4) is 0 Å². The van der Waals surface area contributed by atoms with Crippen molar-refractivity contribution in [2.75, 3.05) is 5.32 Å². The standard InChI is InChI=1S/C26H25ClN4O5/c1-15-10-11-16(27)12-19(15)29-22(33)13-30-23-18-8-4-5-9-20(18)36-24(23)25(34)31(26(30)35)14-21(32)28-17-6-2-3-7-17/h4-5,8-12,17H,2-3,6-7,13-14H2,1H3,(H,28,32)(H,29,33). The number of nitrogens with one attached hydrogen (secondary N) is 2. The first-order chi connectivity index (χ1) is 17.3. The number of benzene rings is 2. The summed E-state index contributed by atoms with van der Waals surface area (Å²) in [4.78, 5) is 52.5. The highest BCUT2D eigenvalue weighted by atomic mass is 35.5. The molecule has 1 saturated carbocycles. The molecular weight excluding hydrogens is 484 g/mol. The number of halogens is 1. The second-order valence-corrected chi connectivity index (χ2v) is 9.53. The second kappa shape index (κ2) is 9.66. The quantitative estimate of drug-likeness (QED) is 0.413. The second-order valence-electron chi connectivity index (χ2n) is 9.09. The van der Waals surface area contributed by atoms with Gasteiger partial charge in [-0.15, -0.1) is 0 Å². The van der Waals surface area contributed by atoms with Gasteiger partial charge in [-0.2, -0.15) is 0 Å². The summed E-state index contributed by atoms with van der Waals surface area (Å²) in [6.07, 6.45) is 3.81. The van der Waals surface area contributed by atoms with Crippen molar-refractivity contribution in [2.45, 2.75) is 51.7 Å². The Hall–Kier alpha value is -3.85. The lowest BCUT2D eigenvalue weighted by molar-refractivity contribution is -0.122. The summed E-state index contributed by atoms with van der Waals surface area (Å²) in [6.45, 7) is 0.967. The smallest absolute Gasteiger partial charge is 0.332 e. The van der Waals surface area contributed by atoms with Gasteiger partial charge in [0.2, 0.25) is 17.4 Å². The topological polar surface area (TPSA) is 115 Å². The summed E-state index contributed by atoms with van der Waals surface area (Å²) in [7, 11) is 0. The molecule has 4 aromatic rings. The van der Waals surface area contributed by atoms with Crippen molar-refractivity contribution >= 4 is 51.2 Å². The van der Waals surface area contributed by atoms with E-state index in [1.165, 1.54) is 4.57 Å². The lowest BCUT2D eigenvalue weighted by Crippen LogP contribution is -2.46. The van der Waals surface area contributed by atoms with E-state index in [1.807, 2.05) is 6.92 Å². The molecule has 10 heteroatoms. The first-order valence-corrected chi connectivity index (χ1v) is 12.2. The minimum Gasteiger partial charge on any atom is -0.449 e. The van der Waals surface area contributed by atoms with E-state index in [1.54, 1.807) is 42.5 Å². The van der Waals surface area contributed by atoms with Gasteiger partial charge in [0, 0.05) is 22.1 Å². The number of aryl methyl sites for hydroxylation is 1. The zero-order valence-electron chi connectivity index (χ0n) is 19.7. The van der Waals surface area contributed by atoms with Crippen LogP contribution in [0.3, 0.4) is 0 Å². The molecule has 0 bridgehead atoms. The summed E-state index contributed by atoms with van der Waals surface area (Å²) in [5, 5.41) is 6.65. The van der Waals surface area contributed by atoms with Gasteiger partial charge in [-0.1, -0.05) is 42.6 Å². The number of carbonyl (C=O) groups is 2. The third-order valence-electron chi connectivity index (χ3n) is 6.54. The maximum absolute atomic E-state index is 13.5. The van der Waals surface area contributed by atoms with Crippen LogP contribution in [0.25, 0.3) is 22.1 Å². The molecule has 1 aliphatic rings. The SMILES string of the molecule is Cc1ccc(Cl)cc1NC(=O)Cn1c(=O)n(CC(=O)NC2CCCC2)c(=O)c2oc3ccccc3c21. The number of carbonyl (C=O) groups excluding carboxylic acids is 2. The average Bonchev–Trinajstić information content (AvgIpc) is 3.50. The number of rotatable bonds is 6. The maximum Gasteiger partial charge on any atom is 0.332 e. The van der Waals surface area contributed by atoms with Gasteiger partial charge in [-0.3, -0.25) is 19.0 Å². The van der Waals surface area contributed by atoms with Crippen LogP contribution < -0.4 is 21.9 Å². The number of aromatic nitrogens is 2. The minimum absolute atomic E-state index is 0.0390.